The third-order valence-electron chi connectivity index (χ3n) is 12.6. The van der Waals surface area contributed by atoms with Crippen molar-refractivity contribution in [2.24, 2.45) is 53.3 Å². The van der Waals surface area contributed by atoms with Crippen molar-refractivity contribution in [2.45, 2.75) is 218 Å². The lowest BCUT2D eigenvalue weighted by Gasteiger charge is -2.30. The first-order valence-corrected chi connectivity index (χ1v) is 26.9. The van der Waals surface area contributed by atoms with Gasteiger partial charge in [0, 0.05) is 0 Å². The minimum absolute atomic E-state index is 0.647. The summed E-state index contributed by atoms with van der Waals surface area (Å²) in [6, 6.07) is -8.38. The number of ether oxygens (including phenoxy) is 6. The van der Waals surface area contributed by atoms with Gasteiger partial charge in [0.1, 0.15) is 36.3 Å². The van der Waals surface area contributed by atoms with Crippen molar-refractivity contribution in [2.75, 3.05) is 0 Å². The van der Waals surface area contributed by atoms with Gasteiger partial charge in [-0.3, -0.25) is 28.8 Å². The third-order valence-corrected chi connectivity index (χ3v) is 12.6. The number of nitrogens with one attached hydrogen (secondary N) is 6. The minimum Gasteiger partial charge on any atom is -0.451 e. The van der Waals surface area contributed by atoms with Gasteiger partial charge in [-0.2, -0.15) is 0 Å². The van der Waals surface area contributed by atoms with Crippen molar-refractivity contribution in [1.29, 1.82) is 0 Å². The third kappa shape index (κ3) is 20.8. The van der Waals surface area contributed by atoms with Gasteiger partial charge in [-0.15, -0.1) is 0 Å². The number of carbonyl (C=O) groups excluding carboxylic acids is 12. The summed E-state index contributed by atoms with van der Waals surface area (Å²) >= 11 is 0. The van der Waals surface area contributed by atoms with E-state index in [0.29, 0.717) is 0 Å². The molecule has 78 heavy (non-hydrogen) atoms. The van der Waals surface area contributed by atoms with E-state index in [1.807, 2.05) is 0 Å². The molecule has 0 radical (unpaired) electrons. The van der Waals surface area contributed by atoms with Crippen molar-refractivity contribution >= 4 is 71.3 Å². The van der Waals surface area contributed by atoms with Crippen LogP contribution in [0.2, 0.25) is 0 Å². The van der Waals surface area contributed by atoms with Gasteiger partial charge in [-0.25, -0.2) is 28.8 Å². The number of cyclic esters (lactones) is 6. The van der Waals surface area contributed by atoms with Crippen LogP contribution in [0.15, 0.2) is 0 Å². The van der Waals surface area contributed by atoms with Crippen LogP contribution in [0.5, 0.6) is 0 Å². The van der Waals surface area contributed by atoms with Crippen molar-refractivity contribution in [3.63, 3.8) is 0 Å². The van der Waals surface area contributed by atoms with Crippen LogP contribution in [0, 0.1) is 53.3 Å². The van der Waals surface area contributed by atoms with Crippen LogP contribution >= 0.6 is 0 Å². The molecule has 24 heteroatoms. The zero-order valence-corrected chi connectivity index (χ0v) is 49.5. The molecule has 1 aliphatic rings. The maximum atomic E-state index is 13.9. The zero-order chi connectivity index (χ0) is 60.5. The SMILES string of the molecule is CC(C)C1NC(=O)[C@@H](C(C)C)OC(=O)[C@H](C(C)C)NC(=O)[C@H](C)OC(=O)[C@@H](C(C)C)NC(=O)[C@@H](C(C)C)OC(=O)[C@H](C(C)C)NC(=O)[C@H](C)OC(=O)[C@@H](C(C)C)NC(=O)C(C(C)C)OC(=O)[C@H](C(C)C)NC(=O)[C@H](C)OC1=O. The molecule has 0 aromatic carbocycles. The molecular formula is C54H90N6O18. The van der Waals surface area contributed by atoms with Crippen LogP contribution in [0.1, 0.15) is 145 Å². The maximum Gasteiger partial charge on any atom is 0.329 e. The first kappa shape index (κ1) is 69.7. The molecule has 12 atom stereocenters. The van der Waals surface area contributed by atoms with Crippen molar-refractivity contribution < 1.29 is 86.0 Å². The molecule has 0 aromatic rings. The molecule has 24 nitrogen and oxygen atoms in total. The Morgan fingerprint density at radius 3 is 0.513 bits per heavy atom. The summed E-state index contributed by atoms with van der Waals surface area (Å²) in [7, 11) is 0. The smallest absolute Gasteiger partial charge is 0.329 e. The Morgan fingerprint density at radius 1 is 0.231 bits per heavy atom. The van der Waals surface area contributed by atoms with Crippen LogP contribution < -0.4 is 31.9 Å². The van der Waals surface area contributed by atoms with Gasteiger partial charge in [0.2, 0.25) is 0 Å². The Hall–Kier alpha value is -6.36. The fourth-order valence-corrected chi connectivity index (χ4v) is 7.48. The molecule has 6 amide bonds. The first-order chi connectivity index (χ1) is 35.9. The first-order valence-electron chi connectivity index (χ1n) is 26.9. The molecule has 6 N–H and O–H groups in total. The number of hydrogen-bond acceptors (Lipinski definition) is 18. The van der Waals surface area contributed by atoms with Crippen LogP contribution in [-0.2, 0) is 86.0 Å². The molecule has 0 aromatic heterocycles. The fourth-order valence-electron chi connectivity index (χ4n) is 7.48. The molecule has 1 fully saturated rings. The highest BCUT2D eigenvalue weighted by Crippen LogP contribution is 2.19. The standard InChI is InChI=1S/C54H90N6O18/c1-22(2)34-49(67)73-31(19)43(61)55-38(26(9)10)53(71)77-41(29(15)16)47(65)59-36(24(5)6)51(69)75-33(21)45(63)57-39(27(11)12)54(72)78-42(30(17)18)48(66)60-35(23(3)4)50(68)74-32(20)44(62)56-37(25(7)8)52(70)76-40(28(13)14)46(64)58-34/h22-42H,1-21H3,(H,55,61)(H,56,62)(H,57,63)(H,58,64)(H,59,65)(H,60,66)/t31-,32-,33-,34+,35+,36?,37-,38-,39-,40+,41+,42?/m0/s1. The topological polar surface area (TPSA) is 332 Å². The number of hydrogen-bond donors (Lipinski definition) is 6. The summed E-state index contributed by atoms with van der Waals surface area (Å²) in [5, 5.41) is 15.1. The molecule has 0 aliphatic carbocycles. The largest absolute Gasteiger partial charge is 0.451 e. The molecule has 0 spiro atoms. The van der Waals surface area contributed by atoms with Gasteiger partial charge < -0.3 is 60.3 Å². The lowest BCUT2D eigenvalue weighted by molar-refractivity contribution is -0.167. The Bertz CT molecular complexity index is 1890. The van der Waals surface area contributed by atoms with E-state index in [-0.39, 0.29) is 0 Å². The predicted octanol–water partition coefficient (Wildman–Crippen LogP) is 2.34. The Kier molecular flexibility index (Phi) is 27.9. The summed E-state index contributed by atoms with van der Waals surface area (Å²) in [6.45, 7) is 32.1. The Morgan fingerprint density at radius 2 is 0.372 bits per heavy atom. The summed E-state index contributed by atoms with van der Waals surface area (Å²) < 4.78 is 33.5. The molecule has 1 saturated heterocycles. The maximum absolute atomic E-state index is 13.9. The normalized spacial score (nSPS) is 28.8. The minimum atomic E-state index is -1.55. The summed E-state index contributed by atoms with van der Waals surface area (Å²) in [5.41, 5.74) is 0. The van der Waals surface area contributed by atoms with E-state index in [0.717, 1.165) is 0 Å². The average Bonchev–Trinajstić information content (AvgIpc) is 3.31. The van der Waals surface area contributed by atoms with Gasteiger partial charge in [0.15, 0.2) is 36.6 Å². The van der Waals surface area contributed by atoms with Crippen LogP contribution in [-0.4, -0.2) is 144 Å². The van der Waals surface area contributed by atoms with E-state index in [9.17, 15) is 57.5 Å². The van der Waals surface area contributed by atoms with Gasteiger partial charge in [-0.05, 0) is 74.0 Å². The van der Waals surface area contributed by atoms with E-state index in [1.54, 1.807) is 125 Å². The predicted molar refractivity (Wildman–Crippen MR) is 281 cm³/mol. The second kappa shape index (κ2) is 31.3. The highest BCUT2D eigenvalue weighted by Gasteiger charge is 2.42. The quantitative estimate of drug-likeness (QED) is 0.143. The Labute approximate surface area is 459 Å². The molecule has 0 bridgehead atoms. The van der Waals surface area contributed by atoms with Crippen LogP contribution in [0.25, 0.3) is 0 Å². The van der Waals surface area contributed by atoms with Gasteiger partial charge in [-0.1, -0.05) is 125 Å². The number of carbonyl (C=O) groups is 12. The van der Waals surface area contributed by atoms with Crippen molar-refractivity contribution in [1.82, 2.24) is 31.9 Å². The summed E-state index contributed by atoms with van der Waals surface area (Å²) in [6.07, 6.45) is -9.25. The van der Waals surface area contributed by atoms with Crippen LogP contribution in [0.4, 0.5) is 0 Å². The van der Waals surface area contributed by atoms with Crippen LogP contribution in [0.3, 0.4) is 0 Å². The lowest BCUT2D eigenvalue weighted by Crippen LogP contribution is -2.56. The summed E-state index contributed by atoms with van der Waals surface area (Å²) in [5.74, 6) is -17.8. The molecule has 0 saturated carbocycles. The van der Waals surface area contributed by atoms with E-state index in [1.165, 1.54) is 20.8 Å². The molecule has 1 rings (SSSR count). The van der Waals surface area contributed by atoms with E-state index < -0.39 is 197 Å². The number of amides is 6. The number of rotatable bonds is 9. The molecule has 444 valence electrons. The number of esters is 6. The highest BCUT2D eigenvalue weighted by molar-refractivity contribution is 5.96. The average molecular weight is 1110 g/mol. The van der Waals surface area contributed by atoms with Crippen molar-refractivity contribution in [3.05, 3.63) is 0 Å². The molecule has 1 heterocycles. The molecule has 1 aliphatic heterocycles. The van der Waals surface area contributed by atoms with E-state index in [2.05, 4.69) is 31.9 Å². The molecular weight excluding hydrogens is 1020 g/mol. The highest BCUT2D eigenvalue weighted by atomic mass is 16.6. The van der Waals surface area contributed by atoms with Gasteiger partial charge >= 0.3 is 35.8 Å². The van der Waals surface area contributed by atoms with Gasteiger partial charge in [0.05, 0.1) is 0 Å². The van der Waals surface area contributed by atoms with Crippen molar-refractivity contribution in [3.8, 4) is 0 Å². The monoisotopic (exact) mass is 1110 g/mol. The second-order valence-corrected chi connectivity index (χ2v) is 22.9. The lowest BCUT2D eigenvalue weighted by atomic mass is 10.0. The van der Waals surface area contributed by atoms with Gasteiger partial charge in [0.25, 0.3) is 35.4 Å². The molecule has 2 unspecified atom stereocenters. The second-order valence-electron chi connectivity index (χ2n) is 22.9. The zero-order valence-electron chi connectivity index (χ0n) is 49.5. The summed E-state index contributed by atoms with van der Waals surface area (Å²) in [4.78, 5) is 165. The Balaban J connectivity index is 3.87. The fraction of sp³-hybridized carbons (Fsp3) is 0.778. The van der Waals surface area contributed by atoms with E-state index in [4.69, 9.17) is 28.4 Å². The van der Waals surface area contributed by atoms with E-state index >= 15 is 0 Å².